The Morgan fingerprint density at radius 2 is 2.24 bits per heavy atom. The van der Waals surface area contributed by atoms with E-state index in [-0.39, 0.29) is 5.15 Å². The van der Waals surface area contributed by atoms with Crippen LogP contribution in [-0.2, 0) is 0 Å². The maximum Gasteiger partial charge on any atom is 0.179 e. The van der Waals surface area contributed by atoms with Crippen molar-refractivity contribution in [3.05, 3.63) is 15.7 Å². The quantitative estimate of drug-likeness (QED) is 0.867. The lowest BCUT2D eigenvalue weighted by atomic mass is 10.4. The molecule has 17 heavy (non-hydrogen) atoms. The summed E-state index contributed by atoms with van der Waals surface area (Å²) in [5.41, 5.74) is 0.435. The zero-order valence-corrected chi connectivity index (χ0v) is 11.6. The van der Waals surface area contributed by atoms with Gasteiger partial charge in [0.15, 0.2) is 9.49 Å². The zero-order valence-electron chi connectivity index (χ0n) is 8.38. The lowest BCUT2D eigenvalue weighted by Crippen LogP contribution is -1.76. The molecule has 0 aromatic carbocycles. The standard InChI is InChI=1S/C9H5ClN4S3/c10-6-5(3-11)8(17-14-6)16-9-13-12-7(15-9)4-1-2-4/h4H,1-2H2. The minimum absolute atomic E-state index is 0.270. The largest absolute Gasteiger partial charge is 0.192 e. The molecular weight excluding hydrogens is 296 g/mol. The average Bonchev–Trinajstić information content (AvgIpc) is 2.98. The summed E-state index contributed by atoms with van der Waals surface area (Å²) in [7, 11) is 0. The van der Waals surface area contributed by atoms with Crippen molar-refractivity contribution in [1.29, 1.82) is 5.26 Å². The molecule has 3 rings (SSSR count). The van der Waals surface area contributed by atoms with Crippen LogP contribution in [0.4, 0.5) is 0 Å². The third-order valence-electron chi connectivity index (χ3n) is 2.26. The first-order chi connectivity index (χ1) is 8.28. The molecule has 0 saturated heterocycles. The van der Waals surface area contributed by atoms with Crippen LogP contribution in [0.25, 0.3) is 0 Å². The molecule has 1 fully saturated rings. The van der Waals surface area contributed by atoms with Crippen molar-refractivity contribution in [2.24, 2.45) is 0 Å². The van der Waals surface area contributed by atoms with Crippen LogP contribution < -0.4 is 0 Å². The van der Waals surface area contributed by atoms with Gasteiger partial charge in [-0.05, 0) is 36.1 Å². The Morgan fingerprint density at radius 3 is 2.94 bits per heavy atom. The van der Waals surface area contributed by atoms with Gasteiger partial charge >= 0.3 is 0 Å². The normalized spacial score (nSPS) is 14.8. The lowest BCUT2D eigenvalue weighted by molar-refractivity contribution is 0.938. The van der Waals surface area contributed by atoms with Crippen LogP contribution >= 0.6 is 46.2 Å². The van der Waals surface area contributed by atoms with E-state index in [0.29, 0.717) is 11.5 Å². The number of hydrogen-bond donors (Lipinski definition) is 0. The predicted molar refractivity (Wildman–Crippen MR) is 67.8 cm³/mol. The van der Waals surface area contributed by atoms with Crippen LogP contribution in [0.3, 0.4) is 0 Å². The molecule has 2 aromatic rings. The van der Waals surface area contributed by atoms with E-state index in [9.17, 15) is 0 Å². The zero-order chi connectivity index (χ0) is 11.8. The highest BCUT2D eigenvalue weighted by atomic mass is 35.5. The van der Waals surface area contributed by atoms with Gasteiger partial charge < -0.3 is 0 Å². The molecule has 1 aliphatic carbocycles. The molecule has 8 heteroatoms. The molecule has 1 saturated carbocycles. The van der Waals surface area contributed by atoms with E-state index in [1.165, 1.54) is 36.1 Å². The SMILES string of the molecule is N#Cc1c(Cl)nsc1Sc1nnc(C2CC2)s1. The van der Waals surface area contributed by atoms with E-state index in [2.05, 4.69) is 20.6 Å². The summed E-state index contributed by atoms with van der Waals surface area (Å²) < 4.78 is 5.60. The maximum absolute atomic E-state index is 8.96. The van der Waals surface area contributed by atoms with Crippen molar-refractivity contribution in [3.63, 3.8) is 0 Å². The van der Waals surface area contributed by atoms with Crippen LogP contribution in [0.5, 0.6) is 0 Å². The number of hydrogen-bond acceptors (Lipinski definition) is 7. The van der Waals surface area contributed by atoms with Crippen molar-refractivity contribution < 1.29 is 0 Å². The van der Waals surface area contributed by atoms with Crippen LogP contribution in [0.1, 0.15) is 29.3 Å². The van der Waals surface area contributed by atoms with Crippen LogP contribution in [-0.4, -0.2) is 14.6 Å². The summed E-state index contributed by atoms with van der Waals surface area (Å²) in [6.07, 6.45) is 2.43. The minimum Gasteiger partial charge on any atom is -0.192 e. The lowest BCUT2D eigenvalue weighted by Gasteiger charge is -1.90. The fourth-order valence-electron chi connectivity index (χ4n) is 1.25. The van der Waals surface area contributed by atoms with Gasteiger partial charge in [-0.2, -0.15) is 9.64 Å². The summed E-state index contributed by atoms with van der Waals surface area (Å²) in [4.78, 5) is 0. The average molecular weight is 301 g/mol. The number of nitrogens with zero attached hydrogens (tertiary/aromatic N) is 4. The summed E-state index contributed by atoms with van der Waals surface area (Å²) in [6, 6.07) is 2.06. The highest BCUT2D eigenvalue weighted by molar-refractivity contribution is 8.02. The number of rotatable bonds is 3. The van der Waals surface area contributed by atoms with Crippen molar-refractivity contribution in [3.8, 4) is 6.07 Å². The highest BCUT2D eigenvalue weighted by Gasteiger charge is 2.28. The number of nitriles is 1. The van der Waals surface area contributed by atoms with Gasteiger partial charge in [0.05, 0.1) is 0 Å². The summed E-state index contributed by atoms with van der Waals surface area (Å²) in [5, 5.41) is 18.6. The van der Waals surface area contributed by atoms with Crippen LogP contribution in [0, 0.1) is 11.3 Å². The maximum atomic E-state index is 8.96. The molecule has 0 bridgehead atoms. The summed E-state index contributed by atoms with van der Waals surface area (Å²) in [5.74, 6) is 0.613. The van der Waals surface area contributed by atoms with Gasteiger partial charge in [-0.25, -0.2) is 0 Å². The molecule has 0 unspecified atom stereocenters. The van der Waals surface area contributed by atoms with Crippen molar-refractivity contribution >= 4 is 46.2 Å². The van der Waals surface area contributed by atoms with E-state index in [4.69, 9.17) is 16.9 Å². The Hall–Kier alpha value is -0.680. The molecule has 4 nitrogen and oxygen atoms in total. The molecule has 1 aliphatic rings. The molecule has 0 spiro atoms. The Bertz CT molecular complexity index is 596. The first kappa shape index (κ1) is 11.4. The van der Waals surface area contributed by atoms with E-state index in [1.54, 1.807) is 11.3 Å². The fourth-order valence-corrected chi connectivity index (χ4v) is 4.65. The van der Waals surface area contributed by atoms with Gasteiger partial charge in [0.2, 0.25) is 0 Å². The minimum atomic E-state index is 0.270. The van der Waals surface area contributed by atoms with Gasteiger partial charge in [-0.1, -0.05) is 22.9 Å². The smallest absolute Gasteiger partial charge is 0.179 e. The van der Waals surface area contributed by atoms with Crippen molar-refractivity contribution in [2.45, 2.75) is 27.3 Å². The Morgan fingerprint density at radius 1 is 1.41 bits per heavy atom. The number of halogens is 1. The molecule has 0 radical (unpaired) electrons. The van der Waals surface area contributed by atoms with Crippen molar-refractivity contribution in [1.82, 2.24) is 14.6 Å². The molecular formula is C9H5ClN4S3. The molecule has 0 amide bonds. The number of aromatic nitrogens is 3. The van der Waals surface area contributed by atoms with Crippen LogP contribution in [0.15, 0.2) is 8.55 Å². The molecule has 0 aliphatic heterocycles. The Labute approximate surface area is 115 Å². The van der Waals surface area contributed by atoms with Crippen molar-refractivity contribution in [2.75, 3.05) is 0 Å². The van der Waals surface area contributed by atoms with Gasteiger partial charge in [0.25, 0.3) is 0 Å². The summed E-state index contributed by atoms with van der Waals surface area (Å²) >= 11 is 10.0. The fraction of sp³-hybridized carbons (Fsp3) is 0.333. The van der Waals surface area contributed by atoms with Gasteiger partial charge in [-0.3, -0.25) is 0 Å². The first-order valence-corrected chi connectivity index (χ1v) is 7.63. The first-order valence-electron chi connectivity index (χ1n) is 4.84. The highest BCUT2D eigenvalue weighted by Crippen LogP contribution is 2.44. The van der Waals surface area contributed by atoms with E-state index in [1.807, 2.05) is 0 Å². The van der Waals surface area contributed by atoms with E-state index >= 15 is 0 Å². The second kappa shape index (κ2) is 4.53. The van der Waals surface area contributed by atoms with Gasteiger partial charge in [0, 0.05) is 5.92 Å². The van der Waals surface area contributed by atoms with E-state index in [0.717, 1.165) is 13.6 Å². The monoisotopic (exact) mass is 300 g/mol. The topological polar surface area (TPSA) is 62.5 Å². The molecule has 0 atom stereocenters. The Kier molecular flexibility index (Phi) is 3.04. The second-order valence-corrected chi connectivity index (χ2v) is 7.19. The molecule has 86 valence electrons. The Balaban J connectivity index is 1.83. The molecule has 2 aromatic heterocycles. The van der Waals surface area contributed by atoms with Gasteiger partial charge in [-0.15, -0.1) is 10.2 Å². The predicted octanol–water partition coefficient (Wildman–Crippen LogP) is 3.55. The second-order valence-electron chi connectivity index (χ2n) is 3.53. The van der Waals surface area contributed by atoms with E-state index < -0.39 is 0 Å². The van der Waals surface area contributed by atoms with Gasteiger partial charge in [0.1, 0.15) is 20.8 Å². The third-order valence-corrected chi connectivity index (χ3v) is 5.78. The molecule has 0 N–H and O–H groups in total. The van der Waals surface area contributed by atoms with Crippen LogP contribution in [0.2, 0.25) is 5.15 Å². The third kappa shape index (κ3) is 2.31. The molecule has 2 heterocycles. The summed E-state index contributed by atoms with van der Waals surface area (Å²) in [6.45, 7) is 0.